The molecule has 166 valence electrons. The van der Waals surface area contributed by atoms with Crippen LogP contribution in [0.5, 0.6) is 0 Å². The minimum Gasteiger partial charge on any atom is -0.477 e. The number of halogens is 1. The average Bonchev–Trinajstić information content (AvgIpc) is 2.80. The lowest BCUT2D eigenvalue weighted by Gasteiger charge is -2.35. The highest BCUT2D eigenvalue weighted by molar-refractivity contribution is 5.97. The second-order valence-corrected chi connectivity index (χ2v) is 7.68. The summed E-state index contributed by atoms with van der Waals surface area (Å²) in [6.45, 7) is 4.54. The number of carboxylic acids is 1. The highest BCUT2D eigenvalue weighted by Crippen LogP contribution is 2.23. The minimum absolute atomic E-state index is 0.0373. The summed E-state index contributed by atoms with van der Waals surface area (Å²) < 4.78 is 16.5. The lowest BCUT2D eigenvalue weighted by Crippen LogP contribution is -2.48. The monoisotopic (exact) mass is 438 g/mol. The van der Waals surface area contributed by atoms with Crippen molar-refractivity contribution in [3.8, 4) is 0 Å². The van der Waals surface area contributed by atoms with Crippen LogP contribution in [0.3, 0.4) is 0 Å². The number of nitrogens with zero attached hydrogens (tertiary/aromatic N) is 4. The Bertz CT molecular complexity index is 1230. The van der Waals surface area contributed by atoms with E-state index in [1.165, 1.54) is 10.8 Å². The minimum atomic E-state index is -1.36. The quantitative estimate of drug-likeness (QED) is 0.590. The van der Waals surface area contributed by atoms with Crippen LogP contribution in [0.25, 0.3) is 11.0 Å². The van der Waals surface area contributed by atoms with Gasteiger partial charge in [0.1, 0.15) is 11.2 Å². The first kappa shape index (κ1) is 21.6. The maximum absolute atomic E-state index is 14.9. The third kappa shape index (κ3) is 4.11. The van der Waals surface area contributed by atoms with E-state index >= 15 is 0 Å². The number of Topliss-reactive ketones (excluding diaryl/α,β-unsaturated/α-hetero) is 1. The predicted molar refractivity (Wildman–Crippen MR) is 118 cm³/mol. The number of anilines is 1. The third-order valence-corrected chi connectivity index (χ3v) is 5.69. The fourth-order valence-corrected chi connectivity index (χ4v) is 3.93. The average molecular weight is 438 g/mol. The number of hydrogen-bond acceptors (Lipinski definition) is 6. The van der Waals surface area contributed by atoms with E-state index in [-0.39, 0.29) is 22.6 Å². The van der Waals surface area contributed by atoms with Gasteiger partial charge < -0.3 is 14.6 Å². The van der Waals surface area contributed by atoms with Crippen LogP contribution in [-0.4, -0.2) is 64.0 Å². The number of hydrogen-bond donors (Lipinski definition) is 1. The number of carbonyl (C=O) groups is 2. The first-order valence-electron chi connectivity index (χ1n) is 10.4. The van der Waals surface area contributed by atoms with Crippen LogP contribution in [0.1, 0.15) is 27.6 Å². The molecular formula is C23H23FN4O4. The Morgan fingerprint density at radius 2 is 1.81 bits per heavy atom. The summed E-state index contributed by atoms with van der Waals surface area (Å²) >= 11 is 0. The number of aryl methyl sites for hydroxylation is 1. The van der Waals surface area contributed by atoms with Crippen molar-refractivity contribution in [1.82, 2.24) is 14.5 Å². The molecule has 32 heavy (non-hydrogen) atoms. The zero-order chi connectivity index (χ0) is 22.8. The molecule has 4 rings (SSSR count). The molecule has 1 saturated heterocycles. The standard InChI is InChI=1S/C23H23FN4O4/c1-2-27-13-17(23(31)32)20(30)16-12-18(24)22(25-21(16)27)28-10-8-26(9-11-28)14-19(29)15-6-4-3-5-7-15/h3-7,12-13H,2,8-11,14H2,1H3,(H,31,32). The van der Waals surface area contributed by atoms with Crippen LogP contribution in [0, 0.1) is 5.82 Å². The maximum Gasteiger partial charge on any atom is 0.341 e. The Hall–Kier alpha value is -3.59. The number of carbonyl (C=O) groups excluding carboxylic acids is 1. The first-order chi connectivity index (χ1) is 15.4. The molecule has 1 aliphatic rings. The highest BCUT2D eigenvalue weighted by atomic mass is 19.1. The van der Waals surface area contributed by atoms with Gasteiger partial charge in [0.25, 0.3) is 0 Å². The number of fused-ring (bicyclic) bond motifs is 1. The van der Waals surface area contributed by atoms with Gasteiger partial charge in [-0.2, -0.15) is 0 Å². The molecule has 1 N–H and O–H groups in total. The van der Waals surface area contributed by atoms with Crippen molar-refractivity contribution in [1.29, 1.82) is 0 Å². The normalized spacial score (nSPS) is 14.6. The molecule has 3 heterocycles. The smallest absolute Gasteiger partial charge is 0.341 e. The van der Waals surface area contributed by atoms with E-state index in [2.05, 4.69) is 4.98 Å². The zero-order valence-electron chi connectivity index (χ0n) is 17.6. The molecule has 0 atom stereocenters. The number of pyridine rings is 2. The second-order valence-electron chi connectivity index (χ2n) is 7.68. The fraction of sp³-hybridized carbons (Fsp3) is 0.304. The highest BCUT2D eigenvalue weighted by Gasteiger charge is 2.24. The summed E-state index contributed by atoms with van der Waals surface area (Å²) in [6, 6.07) is 10.2. The van der Waals surface area contributed by atoms with Gasteiger partial charge in [0.15, 0.2) is 17.4 Å². The van der Waals surface area contributed by atoms with E-state index in [1.807, 2.05) is 23.1 Å². The second kappa shape index (κ2) is 8.88. The molecule has 0 bridgehead atoms. The molecule has 8 nitrogen and oxygen atoms in total. The van der Waals surface area contributed by atoms with Crippen molar-refractivity contribution in [2.24, 2.45) is 0 Å². The molecule has 1 aromatic carbocycles. The summed E-state index contributed by atoms with van der Waals surface area (Å²) in [5.74, 6) is -1.87. The molecule has 0 aliphatic carbocycles. The van der Waals surface area contributed by atoms with Gasteiger partial charge in [-0.05, 0) is 13.0 Å². The van der Waals surface area contributed by atoms with Gasteiger partial charge in [-0.3, -0.25) is 14.5 Å². The fourth-order valence-electron chi connectivity index (χ4n) is 3.93. The summed E-state index contributed by atoms with van der Waals surface area (Å²) in [6.07, 6.45) is 1.24. The SMILES string of the molecule is CCn1cc(C(=O)O)c(=O)c2cc(F)c(N3CCN(CC(=O)c4ccccc4)CC3)nc21. The van der Waals surface area contributed by atoms with E-state index in [4.69, 9.17) is 0 Å². The molecule has 1 fully saturated rings. The van der Waals surface area contributed by atoms with Crippen molar-refractivity contribution < 1.29 is 19.1 Å². The molecule has 9 heteroatoms. The van der Waals surface area contributed by atoms with Crippen molar-refractivity contribution in [2.75, 3.05) is 37.6 Å². The Morgan fingerprint density at radius 3 is 2.44 bits per heavy atom. The summed E-state index contributed by atoms with van der Waals surface area (Å²) in [7, 11) is 0. The van der Waals surface area contributed by atoms with Gasteiger partial charge in [0.2, 0.25) is 5.43 Å². The first-order valence-corrected chi connectivity index (χ1v) is 10.4. The van der Waals surface area contributed by atoms with Crippen molar-refractivity contribution in [3.05, 3.63) is 69.8 Å². The van der Waals surface area contributed by atoms with E-state index in [0.717, 1.165) is 6.07 Å². The van der Waals surface area contributed by atoms with E-state index in [9.17, 15) is 23.9 Å². The Morgan fingerprint density at radius 1 is 1.12 bits per heavy atom. The third-order valence-electron chi connectivity index (χ3n) is 5.69. The number of benzene rings is 1. The van der Waals surface area contributed by atoms with E-state index in [0.29, 0.717) is 44.8 Å². The van der Waals surface area contributed by atoms with Gasteiger partial charge >= 0.3 is 5.97 Å². The van der Waals surface area contributed by atoms with Crippen LogP contribution < -0.4 is 10.3 Å². The molecule has 0 amide bonds. The maximum atomic E-state index is 14.9. The Labute approximate surface area is 183 Å². The predicted octanol–water partition coefficient (Wildman–Crippen LogP) is 2.26. The molecule has 2 aromatic heterocycles. The summed E-state index contributed by atoms with van der Waals surface area (Å²) in [5.41, 5.74) is -0.250. The van der Waals surface area contributed by atoms with Crippen molar-refractivity contribution >= 4 is 28.6 Å². The summed E-state index contributed by atoms with van der Waals surface area (Å²) in [5, 5.41) is 9.21. The Kier molecular flexibility index (Phi) is 6.00. The van der Waals surface area contributed by atoms with Crippen LogP contribution in [-0.2, 0) is 6.54 Å². The van der Waals surface area contributed by atoms with Crippen LogP contribution in [0.15, 0.2) is 47.4 Å². The van der Waals surface area contributed by atoms with Crippen molar-refractivity contribution in [2.45, 2.75) is 13.5 Å². The number of aromatic nitrogens is 2. The van der Waals surface area contributed by atoms with E-state index < -0.39 is 22.8 Å². The number of carboxylic acid groups (broad SMARTS) is 1. The molecule has 0 spiro atoms. The number of rotatable bonds is 6. The van der Waals surface area contributed by atoms with Crippen molar-refractivity contribution in [3.63, 3.8) is 0 Å². The zero-order valence-corrected chi connectivity index (χ0v) is 17.6. The molecule has 3 aromatic rings. The Balaban J connectivity index is 1.55. The van der Waals surface area contributed by atoms with Gasteiger partial charge in [-0.1, -0.05) is 30.3 Å². The van der Waals surface area contributed by atoms with Gasteiger partial charge in [0.05, 0.1) is 11.9 Å². The van der Waals surface area contributed by atoms with Crippen LogP contribution in [0.4, 0.5) is 10.2 Å². The molecule has 0 unspecified atom stereocenters. The number of aromatic carboxylic acids is 1. The van der Waals surface area contributed by atoms with Gasteiger partial charge in [0, 0.05) is 44.5 Å². The molecule has 0 saturated carbocycles. The van der Waals surface area contributed by atoms with Crippen LogP contribution >= 0.6 is 0 Å². The van der Waals surface area contributed by atoms with Gasteiger partial charge in [-0.25, -0.2) is 14.2 Å². The number of ketones is 1. The van der Waals surface area contributed by atoms with Crippen LogP contribution in [0.2, 0.25) is 0 Å². The van der Waals surface area contributed by atoms with Gasteiger partial charge in [-0.15, -0.1) is 0 Å². The summed E-state index contributed by atoms with van der Waals surface area (Å²) in [4.78, 5) is 44.5. The molecular weight excluding hydrogens is 415 g/mol. The molecule has 0 radical (unpaired) electrons. The lowest BCUT2D eigenvalue weighted by molar-refractivity contribution is 0.0694. The largest absolute Gasteiger partial charge is 0.477 e. The van der Waals surface area contributed by atoms with E-state index in [1.54, 1.807) is 24.0 Å². The number of piperazine rings is 1. The topological polar surface area (TPSA) is 95.7 Å². The lowest BCUT2D eigenvalue weighted by atomic mass is 10.1. The molecule has 1 aliphatic heterocycles.